The molecular formula is C11H8FN3O4S2. The predicted octanol–water partition coefficient (Wildman–Crippen LogP) is 2.83. The minimum absolute atomic E-state index is 0.0953. The summed E-state index contributed by atoms with van der Waals surface area (Å²) in [6, 6.07) is 1.78. The van der Waals surface area contributed by atoms with Gasteiger partial charge in [-0.3, -0.25) is 10.1 Å². The molecule has 0 aliphatic carbocycles. The van der Waals surface area contributed by atoms with Crippen molar-refractivity contribution in [3.05, 3.63) is 38.6 Å². The van der Waals surface area contributed by atoms with Crippen LogP contribution in [0.25, 0.3) is 0 Å². The van der Waals surface area contributed by atoms with Gasteiger partial charge in [0, 0.05) is 0 Å². The highest BCUT2D eigenvalue weighted by Gasteiger charge is 2.23. The predicted molar refractivity (Wildman–Crippen MR) is 73.2 cm³/mol. The summed E-state index contributed by atoms with van der Waals surface area (Å²) in [5.41, 5.74) is -0.815. The third kappa shape index (κ3) is 3.34. The molecule has 0 unspecified atom stereocenters. The first-order valence-corrected chi connectivity index (χ1v) is 7.10. The number of hydrogen-bond acceptors (Lipinski definition) is 8. The van der Waals surface area contributed by atoms with Crippen LogP contribution in [-0.2, 0) is 4.74 Å². The molecule has 10 heteroatoms. The van der Waals surface area contributed by atoms with Crippen molar-refractivity contribution in [3.8, 4) is 0 Å². The second-order valence-corrected chi connectivity index (χ2v) is 6.21. The van der Waals surface area contributed by atoms with E-state index in [1.54, 1.807) is 6.92 Å². The van der Waals surface area contributed by atoms with Gasteiger partial charge in [-0.25, -0.2) is 9.18 Å². The Morgan fingerprint density at radius 1 is 1.48 bits per heavy atom. The number of hydrogen-bond donors (Lipinski definition) is 0. The molecule has 0 radical (unpaired) electrons. The van der Waals surface area contributed by atoms with Gasteiger partial charge in [-0.15, -0.1) is 10.2 Å². The lowest BCUT2D eigenvalue weighted by Gasteiger charge is -2.05. The molecule has 1 aromatic carbocycles. The number of nitro groups is 1. The number of halogens is 1. The van der Waals surface area contributed by atoms with E-state index in [1.165, 1.54) is 11.3 Å². The molecule has 0 N–H and O–H groups in total. The molecular weight excluding hydrogens is 321 g/mol. The minimum Gasteiger partial charge on any atom is -0.465 e. The molecule has 0 saturated heterocycles. The van der Waals surface area contributed by atoms with Crippen molar-refractivity contribution in [3.63, 3.8) is 0 Å². The maximum absolute atomic E-state index is 13.7. The number of esters is 1. The second-order valence-electron chi connectivity index (χ2n) is 3.74. The summed E-state index contributed by atoms with van der Waals surface area (Å²) in [6.07, 6.45) is 0. The lowest BCUT2D eigenvalue weighted by molar-refractivity contribution is -0.387. The number of ether oxygens (including phenoxy) is 1. The number of nitrogens with zero attached hydrogens (tertiary/aromatic N) is 3. The fraction of sp³-hybridized carbons (Fsp3) is 0.182. The van der Waals surface area contributed by atoms with Gasteiger partial charge in [0.1, 0.15) is 10.8 Å². The van der Waals surface area contributed by atoms with Crippen LogP contribution in [0.15, 0.2) is 21.4 Å². The molecule has 0 spiro atoms. The number of aromatic nitrogens is 2. The molecule has 0 saturated carbocycles. The Morgan fingerprint density at radius 3 is 2.71 bits per heavy atom. The van der Waals surface area contributed by atoms with E-state index in [-0.39, 0.29) is 10.5 Å². The van der Waals surface area contributed by atoms with Crippen LogP contribution in [0.5, 0.6) is 0 Å². The molecule has 2 aromatic rings. The number of nitro benzene ring substituents is 1. The van der Waals surface area contributed by atoms with Gasteiger partial charge in [-0.1, -0.05) is 23.1 Å². The van der Waals surface area contributed by atoms with Crippen molar-refractivity contribution in [2.75, 3.05) is 7.11 Å². The fourth-order valence-corrected chi connectivity index (χ4v) is 3.35. The Bertz CT molecular complexity index is 719. The van der Waals surface area contributed by atoms with Gasteiger partial charge >= 0.3 is 5.97 Å². The molecule has 0 atom stereocenters. The van der Waals surface area contributed by atoms with Gasteiger partial charge in [0.25, 0.3) is 5.69 Å². The van der Waals surface area contributed by atoms with Crippen LogP contribution in [0.2, 0.25) is 0 Å². The van der Waals surface area contributed by atoms with Gasteiger partial charge in [-0.2, -0.15) is 0 Å². The molecule has 0 aliphatic heterocycles. The molecule has 1 heterocycles. The van der Waals surface area contributed by atoms with Crippen molar-refractivity contribution in [2.45, 2.75) is 16.2 Å². The van der Waals surface area contributed by atoms with E-state index in [0.717, 1.165) is 24.9 Å². The van der Waals surface area contributed by atoms with Gasteiger partial charge in [0.2, 0.25) is 0 Å². The largest absolute Gasteiger partial charge is 0.465 e. The van der Waals surface area contributed by atoms with E-state index in [9.17, 15) is 19.3 Å². The summed E-state index contributed by atoms with van der Waals surface area (Å²) >= 11 is 2.18. The Kier molecular flexibility index (Phi) is 4.48. The zero-order valence-corrected chi connectivity index (χ0v) is 12.5. The Balaban J connectivity index is 2.50. The Hall–Kier alpha value is -2.07. The molecule has 0 bridgehead atoms. The van der Waals surface area contributed by atoms with Crippen LogP contribution >= 0.6 is 23.1 Å². The first-order valence-electron chi connectivity index (χ1n) is 5.46. The van der Waals surface area contributed by atoms with Crippen molar-refractivity contribution in [1.82, 2.24) is 10.2 Å². The summed E-state index contributed by atoms with van der Waals surface area (Å²) in [5, 5.41) is 19.3. The SMILES string of the molecule is COC(=O)c1cc(Sc2nnc(C)s2)c([N+](=O)[O-])cc1F. The highest BCUT2D eigenvalue weighted by atomic mass is 32.2. The first kappa shape index (κ1) is 15.3. The number of carbonyl (C=O) groups excluding carboxylic acids is 1. The lowest BCUT2D eigenvalue weighted by Crippen LogP contribution is -2.06. The number of benzene rings is 1. The molecule has 2 rings (SSSR count). The van der Waals surface area contributed by atoms with Crippen molar-refractivity contribution < 1.29 is 18.8 Å². The molecule has 110 valence electrons. The number of carbonyl (C=O) groups is 1. The minimum atomic E-state index is -1.01. The molecule has 21 heavy (non-hydrogen) atoms. The van der Waals surface area contributed by atoms with Gasteiger partial charge < -0.3 is 4.74 Å². The summed E-state index contributed by atoms with van der Waals surface area (Å²) in [6.45, 7) is 1.74. The molecule has 7 nitrogen and oxygen atoms in total. The Morgan fingerprint density at radius 2 is 2.19 bits per heavy atom. The van der Waals surface area contributed by atoms with E-state index >= 15 is 0 Å². The lowest BCUT2D eigenvalue weighted by atomic mass is 10.2. The van der Waals surface area contributed by atoms with E-state index in [0.29, 0.717) is 15.4 Å². The summed E-state index contributed by atoms with van der Waals surface area (Å²) < 4.78 is 18.6. The van der Waals surface area contributed by atoms with Gasteiger partial charge in [0.05, 0.1) is 28.6 Å². The van der Waals surface area contributed by atoms with Crippen LogP contribution in [0, 0.1) is 22.9 Å². The van der Waals surface area contributed by atoms with Crippen LogP contribution in [0.3, 0.4) is 0 Å². The van der Waals surface area contributed by atoms with Crippen molar-refractivity contribution >= 4 is 34.8 Å². The van der Waals surface area contributed by atoms with Crippen LogP contribution < -0.4 is 0 Å². The quantitative estimate of drug-likeness (QED) is 0.483. The summed E-state index contributed by atoms with van der Waals surface area (Å²) in [7, 11) is 1.10. The first-order chi connectivity index (χ1) is 9.92. The third-order valence-corrected chi connectivity index (χ3v) is 4.29. The van der Waals surface area contributed by atoms with Gasteiger partial charge in [0.15, 0.2) is 4.34 Å². The summed E-state index contributed by atoms with van der Waals surface area (Å²) in [5.74, 6) is -1.91. The standard InChI is InChI=1S/C11H8FN3O4S2/c1-5-13-14-11(20-5)21-9-3-6(10(16)19-2)7(12)4-8(9)15(17)18/h3-4H,1-2H3. The van der Waals surface area contributed by atoms with Gasteiger partial charge in [-0.05, 0) is 13.0 Å². The smallest absolute Gasteiger partial charge is 0.340 e. The normalized spacial score (nSPS) is 10.4. The van der Waals surface area contributed by atoms with Crippen LogP contribution in [0.4, 0.5) is 10.1 Å². The van der Waals surface area contributed by atoms with Crippen LogP contribution in [0.1, 0.15) is 15.4 Å². The van der Waals surface area contributed by atoms with E-state index < -0.39 is 22.4 Å². The van der Waals surface area contributed by atoms with E-state index in [1.807, 2.05) is 0 Å². The Labute approximate surface area is 126 Å². The van der Waals surface area contributed by atoms with Crippen LogP contribution in [-0.4, -0.2) is 28.2 Å². The zero-order chi connectivity index (χ0) is 15.6. The second kappa shape index (κ2) is 6.14. The average molecular weight is 329 g/mol. The molecule has 0 aliphatic rings. The number of rotatable bonds is 4. The van der Waals surface area contributed by atoms with E-state index in [4.69, 9.17) is 0 Å². The highest BCUT2D eigenvalue weighted by Crippen LogP contribution is 2.37. The monoisotopic (exact) mass is 329 g/mol. The van der Waals surface area contributed by atoms with E-state index in [2.05, 4.69) is 14.9 Å². The topological polar surface area (TPSA) is 95.2 Å². The third-order valence-electron chi connectivity index (χ3n) is 2.36. The fourth-order valence-electron chi connectivity index (χ4n) is 1.45. The highest BCUT2D eigenvalue weighted by molar-refractivity contribution is 8.01. The average Bonchev–Trinajstić information content (AvgIpc) is 2.84. The van der Waals surface area contributed by atoms with Crippen molar-refractivity contribution in [1.29, 1.82) is 0 Å². The maximum atomic E-state index is 13.7. The number of methoxy groups -OCH3 is 1. The molecule has 1 aromatic heterocycles. The number of aryl methyl sites for hydroxylation is 1. The van der Waals surface area contributed by atoms with Crippen molar-refractivity contribution in [2.24, 2.45) is 0 Å². The zero-order valence-electron chi connectivity index (χ0n) is 10.8. The molecule has 0 amide bonds. The molecule has 0 fully saturated rings. The summed E-state index contributed by atoms with van der Waals surface area (Å²) in [4.78, 5) is 21.8. The maximum Gasteiger partial charge on any atom is 0.340 e.